The number of carbonyl (C=O) groups is 1. The molecule has 0 saturated heterocycles. The van der Waals surface area contributed by atoms with Gasteiger partial charge in [0.05, 0.1) is 15.6 Å². The number of amides is 1. The highest BCUT2D eigenvalue weighted by molar-refractivity contribution is 7.16. The Morgan fingerprint density at radius 1 is 1.19 bits per heavy atom. The lowest BCUT2D eigenvalue weighted by Gasteiger charge is -2.02. The van der Waals surface area contributed by atoms with E-state index in [-0.39, 0.29) is 5.91 Å². The molecule has 3 aromatic heterocycles. The van der Waals surface area contributed by atoms with Crippen molar-refractivity contribution >= 4 is 39.5 Å². The van der Waals surface area contributed by atoms with Crippen molar-refractivity contribution in [1.29, 1.82) is 0 Å². The van der Waals surface area contributed by atoms with Crippen LogP contribution in [0.1, 0.15) is 25.9 Å². The summed E-state index contributed by atoms with van der Waals surface area (Å²) in [5.74, 6) is -0.0641. The first-order chi connectivity index (χ1) is 12.6. The summed E-state index contributed by atoms with van der Waals surface area (Å²) < 4.78 is 0. The average Bonchev–Trinajstić information content (AvgIpc) is 3.33. The van der Waals surface area contributed by atoms with Crippen LogP contribution >= 0.6 is 22.7 Å². The van der Waals surface area contributed by atoms with Crippen LogP contribution in [0.25, 0.3) is 21.5 Å². The summed E-state index contributed by atoms with van der Waals surface area (Å²) in [5, 5.41) is 7.22. The molecule has 4 nitrogen and oxygen atoms in total. The fraction of sp³-hybridized carbons (Fsp3) is 0.200. The molecule has 0 aliphatic rings. The molecule has 1 amide bonds. The van der Waals surface area contributed by atoms with Gasteiger partial charge in [0.2, 0.25) is 0 Å². The first-order valence-electron chi connectivity index (χ1n) is 8.47. The highest BCUT2D eigenvalue weighted by Crippen LogP contribution is 2.29. The van der Waals surface area contributed by atoms with Gasteiger partial charge in [0, 0.05) is 27.7 Å². The van der Waals surface area contributed by atoms with Gasteiger partial charge in [-0.25, -0.2) is 4.98 Å². The maximum Gasteiger partial charge on any atom is 0.267 e. The number of H-pyrrole nitrogens is 1. The second-order valence-corrected chi connectivity index (χ2v) is 8.53. The highest BCUT2D eigenvalue weighted by atomic mass is 32.1. The Bertz CT molecular complexity index is 1070. The highest BCUT2D eigenvalue weighted by Gasteiger charge is 2.10. The molecule has 0 radical (unpaired) electrons. The molecule has 3 heterocycles. The van der Waals surface area contributed by atoms with Crippen LogP contribution in [0.4, 0.5) is 0 Å². The Morgan fingerprint density at radius 3 is 2.88 bits per heavy atom. The predicted molar refractivity (Wildman–Crippen MR) is 109 cm³/mol. The molecule has 2 N–H and O–H groups in total. The lowest BCUT2D eigenvalue weighted by Crippen LogP contribution is -2.25. The fourth-order valence-corrected chi connectivity index (χ4v) is 4.54. The van der Waals surface area contributed by atoms with Crippen molar-refractivity contribution in [2.75, 3.05) is 6.54 Å². The van der Waals surface area contributed by atoms with Crippen molar-refractivity contribution in [1.82, 2.24) is 15.3 Å². The summed E-state index contributed by atoms with van der Waals surface area (Å²) in [5.41, 5.74) is 3.82. The molecule has 0 aliphatic heterocycles. The SMILES string of the molecule is Cc1ccc2cc(C(=O)NCCc3ccc(-c4csc(C)n4)s3)[nH]c2c1. The molecule has 6 heteroatoms. The number of rotatable bonds is 5. The Balaban J connectivity index is 1.36. The van der Waals surface area contributed by atoms with Gasteiger partial charge < -0.3 is 10.3 Å². The van der Waals surface area contributed by atoms with Crippen LogP contribution in [0.15, 0.2) is 41.8 Å². The standard InChI is InChI=1S/C20H19N3OS2/c1-12-3-4-14-10-17(23-16(14)9-12)20(24)21-8-7-15-5-6-19(26-15)18-11-25-13(2)22-18/h3-6,9-11,23H,7-8H2,1-2H3,(H,21,24). The molecule has 4 aromatic rings. The topological polar surface area (TPSA) is 57.8 Å². The first-order valence-corrected chi connectivity index (χ1v) is 10.2. The van der Waals surface area contributed by atoms with Crippen LogP contribution in [-0.4, -0.2) is 22.4 Å². The summed E-state index contributed by atoms with van der Waals surface area (Å²) in [6.07, 6.45) is 0.818. The summed E-state index contributed by atoms with van der Waals surface area (Å²) in [7, 11) is 0. The van der Waals surface area contributed by atoms with Gasteiger partial charge in [-0.15, -0.1) is 22.7 Å². The molecule has 132 valence electrons. The van der Waals surface area contributed by atoms with Crippen LogP contribution in [0, 0.1) is 13.8 Å². The Morgan fingerprint density at radius 2 is 2.08 bits per heavy atom. The zero-order chi connectivity index (χ0) is 18.1. The minimum Gasteiger partial charge on any atom is -0.351 e. The van der Waals surface area contributed by atoms with Gasteiger partial charge in [0.15, 0.2) is 0 Å². The van der Waals surface area contributed by atoms with Crippen LogP contribution in [0.5, 0.6) is 0 Å². The van der Waals surface area contributed by atoms with Crippen molar-refractivity contribution in [3.63, 3.8) is 0 Å². The molecular formula is C20H19N3OS2. The molecule has 1 aromatic carbocycles. The van der Waals surface area contributed by atoms with Crippen molar-refractivity contribution in [3.8, 4) is 10.6 Å². The summed E-state index contributed by atoms with van der Waals surface area (Å²) in [4.78, 5) is 22.5. The van der Waals surface area contributed by atoms with Crippen molar-refractivity contribution in [3.05, 3.63) is 62.9 Å². The molecule has 0 atom stereocenters. The molecule has 0 aliphatic carbocycles. The summed E-state index contributed by atoms with van der Waals surface area (Å²) in [6.45, 7) is 4.68. The number of aryl methyl sites for hydroxylation is 2. The molecule has 0 bridgehead atoms. The lowest BCUT2D eigenvalue weighted by atomic mass is 10.2. The number of aromatic amines is 1. The third-order valence-corrected chi connectivity index (χ3v) is 6.15. The number of nitrogens with one attached hydrogen (secondary N) is 2. The lowest BCUT2D eigenvalue weighted by molar-refractivity contribution is 0.0950. The largest absolute Gasteiger partial charge is 0.351 e. The van der Waals surface area contributed by atoms with Crippen molar-refractivity contribution in [2.45, 2.75) is 20.3 Å². The molecule has 26 heavy (non-hydrogen) atoms. The van der Waals surface area contributed by atoms with E-state index >= 15 is 0 Å². The second kappa shape index (κ2) is 7.05. The Labute approximate surface area is 159 Å². The number of carbonyl (C=O) groups excluding carboxylic acids is 1. The Hall–Kier alpha value is -2.44. The number of benzene rings is 1. The minimum atomic E-state index is -0.0641. The Kier molecular flexibility index (Phi) is 4.61. The molecule has 4 rings (SSSR count). The molecular weight excluding hydrogens is 362 g/mol. The summed E-state index contributed by atoms with van der Waals surface area (Å²) in [6, 6.07) is 12.3. The normalized spacial score (nSPS) is 11.2. The number of hydrogen-bond donors (Lipinski definition) is 2. The van der Waals surface area contributed by atoms with Gasteiger partial charge in [0.25, 0.3) is 5.91 Å². The first kappa shape index (κ1) is 17.0. The third-order valence-electron chi connectivity index (χ3n) is 4.21. The maximum absolute atomic E-state index is 12.4. The third kappa shape index (κ3) is 3.57. The number of thiophene rings is 1. The molecule has 0 saturated carbocycles. The smallest absolute Gasteiger partial charge is 0.267 e. The number of hydrogen-bond acceptors (Lipinski definition) is 4. The second-order valence-electron chi connectivity index (χ2n) is 6.30. The number of fused-ring (bicyclic) bond motifs is 1. The fourth-order valence-electron chi connectivity index (χ4n) is 2.88. The summed E-state index contributed by atoms with van der Waals surface area (Å²) >= 11 is 3.40. The van der Waals surface area contributed by atoms with Crippen molar-refractivity contribution in [2.24, 2.45) is 0 Å². The van der Waals surface area contributed by atoms with E-state index in [2.05, 4.69) is 44.9 Å². The monoisotopic (exact) mass is 381 g/mol. The van der Waals surface area contributed by atoms with Gasteiger partial charge in [0.1, 0.15) is 5.69 Å². The van der Waals surface area contributed by atoms with E-state index in [0.717, 1.165) is 28.0 Å². The van der Waals surface area contributed by atoms with Crippen molar-refractivity contribution < 1.29 is 4.79 Å². The van der Waals surface area contributed by atoms with Gasteiger partial charge in [-0.1, -0.05) is 12.1 Å². The minimum absolute atomic E-state index is 0.0641. The quantitative estimate of drug-likeness (QED) is 0.514. The number of aromatic nitrogens is 2. The number of nitrogens with zero attached hydrogens (tertiary/aromatic N) is 1. The number of thiazole rings is 1. The van der Waals surface area contributed by atoms with Crippen LogP contribution in [-0.2, 0) is 6.42 Å². The van der Waals surface area contributed by atoms with E-state index in [1.165, 1.54) is 15.3 Å². The van der Waals surface area contributed by atoms with E-state index < -0.39 is 0 Å². The van der Waals surface area contributed by atoms with E-state index in [0.29, 0.717) is 12.2 Å². The maximum atomic E-state index is 12.4. The van der Waals surface area contributed by atoms with E-state index in [9.17, 15) is 4.79 Å². The van der Waals surface area contributed by atoms with E-state index in [1.807, 2.05) is 26.0 Å². The van der Waals surface area contributed by atoms with Crippen LogP contribution < -0.4 is 5.32 Å². The zero-order valence-corrected chi connectivity index (χ0v) is 16.3. The molecule has 0 fully saturated rings. The van der Waals surface area contributed by atoms with Gasteiger partial charge in [-0.3, -0.25) is 4.79 Å². The van der Waals surface area contributed by atoms with E-state index in [4.69, 9.17) is 0 Å². The van der Waals surface area contributed by atoms with Crippen LogP contribution in [0.3, 0.4) is 0 Å². The van der Waals surface area contributed by atoms with Gasteiger partial charge in [-0.2, -0.15) is 0 Å². The molecule has 0 unspecified atom stereocenters. The zero-order valence-electron chi connectivity index (χ0n) is 14.6. The van der Waals surface area contributed by atoms with Gasteiger partial charge in [-0.05, 0) is 50.1 Å². The molecule has 0 spiro atoms. The van der Waals surface area contributed by atoms with Gasteiger partial charge >= 0.3 is 0 Å². The predicted octanol–water partition coefficient (Wildman–Crippen LogP) is 4.94. The average molecular weight is 382 g/mol. The van der Waals surface area contributed by atoms with E-state index in [1.54, 1.807) is 22.7 Å². The van der Waals surface area contributed by atoms with Crippen LogP contribution in [0.2, 0.25) is 0 Å².